The van der Waals surface area contributed by atoms with Crippen molar-refractivity contribution in [1.29, 1.82) is 0 Å². The lowest BCUT2D eigenvalue weighted by Crippen LogP contribution is -2.50. The van der Waals surface area contributed by atoms with E-state index < -0.39 is 0 Å². The lowest BCUT2D eigenvalue weighted by atomic mass is 9.68. The summed E-state index contributed by atoms with van der Waals surface area (Å²) in [5, 5.41) is 12.8. The van der Waals surface area contributed by atoms with Crippen molar-refractivity contribution in [2.24, 2.45) is 0 Å². The monoisotopic (exact) mass is 233 g/mol. The van der Waals surface area contributed by atoms with Crippen LogP contribution in [0.1, 0.15) is 43.6 Å². The molecule has 0 bridgehead atoms. The highest BCUT2D eigenvalue weighted by atomic mass is 16.3. The average molecular weight is 233 g/mol. The first kappa shape index (κ1) is 12.6. The quantitative estimate of drug-likeness (QED) is 0.838. The summed E-state index contributed by atoms with van der Waals surface area (Å²) in [4.78, 5) is 0. The van der Waals surface area contributed by atoms with E-state index >= 15 is 0 Å². The summed E-state index contributed by atoms with van der Waals surface area (Å²) in [6.45, 7) is 0.268. The molecule has 1 aliphatic carbocycles. The highest BCUT2D eigenvalue weighted by Gasteiger charge is 2.39. The maximum Gasteiger partial charge on any atom is 0.0448 e. The molecule has 1 aliphatic rings. The van der Waals surface area contributed by atoms with Crippen molar-refractivity contribution in [2.75, 3.05) is 13.7 Å². The van der Waals surface area contributed by atoms with Crippen LogP contribution in [0.15, 0.2) is 30.3 Å². The average Bonchev–Trinajstić information content (AvgIpc) is 2.40. The van der Waals surface area contributed by atoms with Gasteiger partial charge in [0.15, 0.2) is 0 Å². The van der Waals surface area contributed by atoms with E-state index in [0.29, 0.717) is 5.92 Å². The fraction of sp³-hybridized carbons (Fsp3) is 0.600. The zero-order valence-corrected chi connectivity index (χ0v) is 10.7. The van der Waals surface area contributed by atoms with Gasteiger partial charge in [0, 0.05) is 18.1 Å². The van der Waals surface area contributed by atoms with E-state index in [9.17, 15) is 5.11 Å². The number of likely N-dealkylation sites (N-methyl/N-ethyl adjacent to an activating group) is 1. The van der Waals surface area contributed by atoms with Gasteiger partial charge in [0.25, 0.3) is 0 Å². The minimum atomic E-state index is 0.0916. The predicted molar refractivity (Wildman–Crippen MR) is 71.1 cm³/mol. The Morgan fingerprint density at radius 2 is 2.06 bits per heavy atom. The summed E-state index contributed by atoms with van der Waals surface area (Å²) < 4.78 is 0. The van der Waals surface area contributed by atoms with Crippen molar-refractivity contribution in [1.82, 2.24) is 5.32 Å². The molecule has 0 heterocycles. The summed E-state index contributed by atoms with van der Waals surface area (Å²) in [6.07, 6.45) is 5.82. The molecule has 1 aromatic rings. The Bertz CT molecular complexity index is 334. The number of nitrogens with one attached hydrogen (secondary N) is 1. The first-order chi connectivity index (χ1) is 8.32. The van der Waals surface area contributed by atoms with E-state index in [1.54, 1.807) is 0 Å². The Morgan fingerprint density at radius 1 is 1.29 bits per heavy atom. The highest BCUT2D eigenvalue weighted by Crippen LogP contribution is 2.42. The van der Waals surface area contributed by atoms with Crippen LogP contribution in [0.2, 0.25) is 0 Å². The van der Waals surface area contributed by atoms with Crippen LogP contribution in [-0.4, -0.2) is 24.3 Å². The third-order valence-corrected chi connectivity index (χ3v) is 4.29. The van der Waals surface area contributed by atoms with Crippen molar-refractivity contribution < 1.29 is 5.11 Å². The van der Waals surface area contributed by atoms with Gasteiger partial charge in [-0.2, -0.15) is 0 Å². The molecule has 94 valence electrons. The Hall–Kier alpha value is -0.860. The lowest BCUT2D eigenvalue weighted by Gasteiger charge is -2.44. The van der Waals surface area contributed by atoms with Crippen LogP contribution < -0.4 is 5.32 Å². The second kappa shape index (κ2) is 5.65. The van der Waals surface area contributed by atoms with E-state index in [2.05, 4.69) is 35.6 Å². The Balaban J connectivity index is 2.28. The number of rotatable bonds is 4. The number of aliphatic hydroxyl groups is 1. The fourth-order valence-electron chi connectivity index (χ4n) is 3.33. The molecule has 0 amide bonds. The summed E-state index contributed by atoms with van der Waals surface area (Å²) in [7, 11) is 2.04. The van der Waals surface area contributed by atoms with Gasteiger partial charge in [0.05, 0.1) is 0 Å². The lowest BCUT2D eigenvalue weighted by molar-refractivity contribution is 0.149. The van der Waals surface area contributed by atoms with Crippen LogP contribution in [0.4, 0.5) is 0 Å². The van der Waals surface area contributed by atoms with E-state index in [-0.39, 0.29) is 12.1 Å². The van der Waals surface area contributed by atoms with Crippen molar-refractivity contribution >= 4 is 0 Å². The number of hydrogen-bond donors (Lipinski definition) is 2. The summed E-state index contributed by atoms with van der Waals surface area (Å²) in [6, 6.07) is 10.7. The first-order valence-electron chi connectivity index (χ1n) is 6.67. The van der Waals surface area contributed by atoms with Gasteiger partial charge in [-0.05, 0) is 31.9 Å². The van der Waals surface area contributed by atoms with Gasteiger partial charge >= 0.3 is 0 Å². The molecule has 2 unspecified atom stereocenters. The van der Waals surface area contributed by atoms with Crippen LogP contribution in [0, 0.1) is 0 Å². The largest absolute Gasteiger partial charge is 0.396 e. The topological polar surface area (TPSA) is 32.3 Å². The summed E-state index contributed by atoms with van der Waals surface area (Å²) in [5.74, 6) is 0.537. The van der Waals surface area contributed by atoms with Crippen LogP contribution >= 0.6 is 0 Å². The van der Waals surface area contributed by atoms with Crippen LogP contribution in [0.3, 0.4) is 0 Å². The van der Waals surface area contributed by atoms with Crippen molar-refractivity contribution in [3.05, 3.63) is 35.9 Å². The predicted octanol–water partition coefficient (Wildman–Crippen LogP) is 2.68. The third kappa shape index (κ3) is 2.53. The van der Waals surface area contributed by atoms with Crippen molar-refractivity contribution in [3.63, 3.8) is 0 Å². The molecule has 2 N–H and O–H groups in total. The molecule has 0 radical (unpaired) electrons. The zero-order chi connectivity index (χ0) is 12.1. The first-order valence-corrected chi connectivity index (χ1v) is 6.67. The van der Waals surface area contributed by atoms with Crippen LogP contribution in [0.5, 0.6) is 0 Å². The zero-order valence-electron chi connectivity index (χ0n) is 10.7. The van der Waals surface area contributed by atoms with Gasteiger partial charge in [-0.3, -0.25) is 0 Å². The van der Waals surface area contributed by atoms with Crippen molar-refractivity contribution in [3.8, 4) is 0 Å². The molecule has 0 spiro atoms. The minimum Gasteiger partial charge on any atom is -0.396 e. The van der Waals surface area contributed by atoms with Crippen LogP contribution in [0.25, 0.3) is 0 Å². The van der Waals surface area contributed by atoms with E-state index in [1.807, 2.05) is 7.05 Å². The second-order valence-electron chi connectivity index (χ2n) is 5.09. The molecule has 1 saturated carbocycles. The Labute approximate surface area is 104 Å². The second-order valence-corrected chi connectivity index (χ2v) is 5.09. The van der Waals surface area contributed by atoms with Gasteiger partial charge in [-0.25, -0.2) is 0 Å². The third-order valence-electron chi connectivity index (χ3n) is 4.29. The Kier molecular flexibility index (Phi) is 4.19. The van der Waals surface area contributed by atoms with Gasteiger partial charge in [-0.15, -0.1) is 0 Å². The molecule has 2 nitrogen and oxygen atoms in total. The summed E-state index contributed by atoms with van der Waals surface area (Å²) in [5.41, 5.74) is 1.50. The normalized spacial score (nSPS) is 29.2. The van der Waals surface area contributed by atoms with E-state index in [1.165, 1.54) is 31.2 Å². The van der Waals surface area contributed by atoms with Gasteiger partial charge in [0.1, 0.15) is 0 Å². The molecule has 2 heteroatoms. The Morgan fingerprint density at radius 3 is 2.71 bits per heavy atom. The van der Waals surface area contributed by atoms with Crippen LogP contribution in [-0.2, 0) is 0 Å². The molecule has 0 aliphatic heterocycles. The molecule has 1 aromatic carbocycles. The minimum absolute atomic E-state index is 0.0916. The molecular formula is C15H23NO. The van der Waals surface area contributed by atoms with Gasteiger partial charge < -0.3 is 10.4 Å². The van der Waals surface area contributed by atoms with Gasteiger partial charge in [-0.1, -0.05) is 43.2 Å². The molecule has 0 saturated heterocycles. The molecular weight excluding hydrogens is 210 g/mol. The highest BCUT2D eigenvalue weighted by molar-refractivity contribution is 5.25. The van der Waals surface area contributed by atoms with E-state index in [4.69, 9.17) is 0 Å². The van der Waals surface area contributed by atoms with Crippen molar-refractivity contribution in [2.45, 2.75) is 43.6 Å². The standard InChI is InChI=1S/C15H23NO/c1-16-15(11-12-17)10-6-5-9-14(15)13-7-3-2-4-8-13/h2-4,7-8,14,16-17H,5-6,9-12H2,1H3. The number of benzene rings is 1. The molecule has 2 atom stereocenters. The molecule has 0 aromatic heterocycles. The maximum atomic E-state index is 9.34. The SMILES string of the molecule is CNC1(CCO)CCCCC1c1ccccc1. The molecule has 2 rings (SSSR count). The molecule has 1 fully saturated rings. The fourth-order valence-corrected chi connectivity index (χ4v) is 3.33. The smallest absolute Gasteiger partial charge is 0.0448 e. The maximum absolute atomic E-state index is 9.34. The molecule has 17 heavy (non-hydrogen) atoms. The number of aliphatic hydroxyl groups excluding tert-OH is 1. The van der Waals surface area contributed by atoms with Gasteiger partial charge in [0.2, 0.25) is 0 Å². The van der Waals surface area contributed by atoms with E-state index in [0.717, 1.165) is 6.42 Å². The summed E-state index contributed by atoms with van der Waals surface area (Å²) >= 11 is 0. The number of hydrogen-bond acceptors (Lipinski definition) is 2.